The summed E-state index contributed by atoms with van der Waals surface area (Å²) < 4.78 is 0. The van der Waals surface area contributed by atoms with Crippen LogP contribution in [0.5, 0.6) is 0 Å². The molecule has 1 heteroatoms. The third-order valence-corrected chi connectivity index (χ3v) is 3.21. The number of nitrogens with one attached hydrogen (secondary N) is 1. The maximum absolute atomic E-state index is 3.74. The molecule has 1 N–H and O–H groups in total. The highest BCUT2D eigenvalue weighted by Gasteiger charge is 2.14. The van der Waals surface area contributed by atoms with E-state index in [0.29, 0.717) is 12.1 Å². The van der Waals surface area contributed by atoms with Gasteiger partial charge < -0.3 is 5.32 Å². The Bertz CT molecular complexity index is 209. The Labute approximate surface area is 87.3 Å². The SMILES string of the molecule is C1=CCC(NC2/C=C\CCCCC2)C1. The Morgan fingerprint density at radius 2 is 1.79 bits per heavy atom. The number of rotatable bonds is 2. The number of hydrogen-bond acceptors (Lipinski definition) is 1. The fraction of sp³-hybridized carbons (Fsp3) is 0.692. The Morgan fingerprint density at radius 1 is 0.929 bits per heavy atom. The maximum atomic E-state index is 3.74. The first kappa shape index (κ1) is 9.97. The van der Waals surface area contributed by atoms with Gasteiger partial charge in [0, 0.05) is 12.1 Å². The summed E-state index contributed by atoms with van der Waals surface area (Å²) in [4.78, 5) is 0. The largest absolute Gasteiger partial charge is 0.307 e. The average molecular weight is 191 g/mol. The Hall–Kier alpha value is -0.560. The smallest absolute Gasteiger partial charge is 0.0252 e. The minimum Gasteiger partial charge on any atom is -0.307 e. The van der Waals surface area contributed by atoms with E-state index in [0.717, 1.165) is 0 Å². The first-order valence-electron chi connectivity index (χ1n) is 6.03. The summed E-state index contributed by atoms with van der Waals surface area (Å²) in [5.74, 6) is 0. The second kappa shape index (κ2) is 5.35. The van der Waals surface area contributed by atoms with E-state index >= 15 is 0 Å². The van der Waals surface area contributed by atoms with Crippen molar-refractivity contribution in [3.8, 4) is 0 Å². The molecule has 1 nitrogen and oxygen atoms in total. The molecule has 0 aromatic carbocycles. The highest BCUT2D eigenvalue weighted by atomic mass is 14.9. The molecule has 2 aliphatic carbocycles. The van der Waals surface area contributed by atoms with Crippen LogP contribution in [-0.2, 0) is 0 Å². The van der Waals surface area contributed by atoms with Gasteiger partial charge in [-0.1, -0.05) is 37.1 Å². The fourth-order valence-electron chi connectivity index (χ4n) is 2.35. The van der Waals surface area contributed by atoms with Crippen LogP contribution in [-0.4, -0.2) is 12.1 Å². The molecule has 0 bridgehead atoms. The molecule has 1 unspecified atom stereocenters. The van der Waals surface area contributed by atoms with Gasteiger partial charge in [0.25, 0.3) is 0 Å². The highest BCUT2D eigenvalue weighted by Crippen LogP contribution is 2.15. The molecule has 0 fully saturated rings. The van der Waals surface area contributed by atoms with Crippen molar-refractivity contribution in [3.05, 3.63) is 24.3 Å². The van der Waals surface area contributed by atoms with E-state index < -0.39 is 0 Å². The third-order valence-electron chi connectivity index (χ3n) is 3.21. The van der Waals surface area contributed by atoms with Crippen molar-refractivity contribution >= 4 is 0 Å². The topological polar surface area (TPSA) is 12.0 Å². The molecule has 2 aliphatic rings. The van der Waals surface area contributed by atoms with Crippen molar-refractivity contribution in [2.24, 2.45) is 0 Å². The standard InChI is InChI=1S/C13H21N/c1-2-4-8-12(9-5-3-1)14-13-10-6-7-11-13/h4,6-8,12-14H,1-3,5,9-11H2/b8-4-. The van der Waals surface area contributed by atoms with Crippen LogP contribution in [0.2, 0.25) is 0 Å². The average Bonchev–Trinajstić information content (AvgIpc) is 2.62. The number of hydrogen-bond donors (Lipinski definition) is 1. The van der Waals surface area contributed by atoms with E-state index in [1.165, 1.54) is 44.9 Å². The molecule has 0 aromatic rings. The van der Waals surface area contributed by atoms with Crippen LogP contribution >= 0.6 is 0 Å². The van der Waals surface area contributed by atoms with Gasteiger partial charge in [0.05, 0.1) is 0 Å². The van der Waals surface area contributed by atoms with Crippen LogP contribution in [0.4, 0.5) is 0 Å². The van der Waals surface area contributed by atoms with Crippen LogP contribution in [0, 0.1) is 0 Å². The fourth-order valence-corrected chi connectivity index (χ4v) is 2.35. The van der Waals surface area contributed by atoms with Crippen molar-refractivity contribution < 1.29 is 0 Å². The molecule has 0 saturated heterocycles. The van der Waals surface area contributed by atoms with E-state index in [-0.39, 0.29) is 0 Å². The molecule has 78 valence electrons. The molecular weight excluding hydrogens is 170 g/mol. The predicted molar refractivity (Wildman–Crippen MR) is 61.3 cm³/mol. The lowest BCUT2D eigenvalue weighted by Gasteiger charge is -2.21. The molecule has 1 atom stereocenters. The summed E-state index contributed by atoms with van der Waals surface area (Å²) in [5, 5.41) is 3.74. The lowest BCUT2D eigenvalue weighted by molar-refractivity contribution is 0.446. The van der Waals surface area contributed by atoms with Crippen LogP contribution in [0.3, 0.4) is 0 Å². The van der Waals surface area contributed by atoms with Gasteiger partial charge in [-0.3, -0.25) is 0 Å². The molecule has 0 spiro atoms. The minimum absolute atomic E-state index is 0.639. The maximum Gasteiger partial charge on any atom is 0.0252 e. The first-order chi connectivity index (χ1) is 6.95. The zero-order valence-electron chi connectivity index (χ0n) is 8.91. The van der Waals surface area contributed by atoms with Gasteiger partial charge in [0.1, 0.15) is 0 Å². The molecule has 14 heavy (non-hydrogen) atoms. The zero-order valence-corrected chi connectivity index (χ0v) is 8.91. The van der Waals surface area contributed by atoms with Gasteiger partial charge in [-0.05, 0) is 32.1 Å². The van der Waals surface area contributed by atoms with Gasteiger partial charge in [0.15, 0.2) is 0 Å². The van der Waals surface area contributed by atoms with Crippen LogP contribution in [0.1, 0.15) is 44.9 Å². The summed E-state index contributed by atoms with van der Waals surface area (Å²) in [6.07, 6.45) is 18.6. The van der Waals surface area contributed by atoms with Gasteiger partial charge in [-0.15, -0.1) is 0 Å². The van der Waals surface area contributed by atoms with E-state index in [9.17, 15) is 0 Å². The number of allylic oxidation sites excluding steroid dienone is 1. The third kappa shape index (κ3) is 2.98. The van der Waals surface area contributed by atoms with Gasteiger partial charge >= 0.3 is 0 Å². The molecule has 0 aromatic heterocycles. The molecule has 0 heterocycles. The van der Waals surface area contributed by atoms with Crippen molar-refractivity contribution in [2.75, 3.05) is 0 Å². The van der Waals surface area contributed by atoms with Gasteiger partial charge in [-0.25, -0.2) is 0 Å². The summed E-state index contributed by atoms with van der Waals surface area (Å²) in [6.45, 7) is 0. The minimum atomic E-state index is 0.639. The molecule has 0 saturated carbocycles. The predicted octanol–water partition coefficient (Wildman–Crippen LogP) is 3.18. The summed E-state index contributed by atoms with van der Waals surface area (Å²) >= 11 is 0. The highest BCUT2D eigenvalue weighted by molar-refractivity contribution is 5.02. The monoisotopic (exact) mass is 191 g/mol. The van der Waals surface area contributed by atoms with Crippen molar-refractivity contribution in [2.45, 2.75) is 57.0 Å². The van der Waals surface area contributed by atoms with E-state index in [1.807, 2.05) is 0 Å². The van der Waals surface area contributed by atoms with Crippen molar-refractivity contribution in [1.29, 1.82) is 0 Å². The van der Waals surface area contributed by atoms with E-state index in [2.05, 4.69) is 29.6 Å². The molecular formula is C13H21N. The Balaban J connectivity index is 1.79. The zero-order chi connectivity index (χ0) is 9.64. The molecule has 0 aliphatic heterocycles. The Morgan fingerprint density at radius 3 is 2.64 bits per heavy atom. The lowest BCUT2D eigenvalue weighted by Crippen LogP contribution is -2.35. The lowest BCUT2D eigenvalue weighted by atomic mass is 10.0. The van der Waals surface area contributed by atoms with Crippen LogP contribution < -0.4 is 5.32 Å². The molecule has 0 amide bonds. The Kier molecular flexibility index (Phi) is 3.81. The summed E-state index contributed by atoms with van der Waals surface area (Å²) in [7, 11) is 0. The van der Waals surface area contributed by atoms with Crippen molar-refractivity contribution in [1.82, 2.24) is 5.32 Å². The van der Waals surface area contributed by atoms with Crippen molar-refractivity contribution in [3.63, 3.8) is 0 Å². The normalized spacial score (nSPS) is 31.3. The summed E-state index contributed by atoms with van der Waals surface area (Å²) in [6, 6.07) is 1.35. The van der Waals surface area contributed by atoms with E-state index in [1.54, 1.807) is 0 Å². The van der Waals surface area contributed by atoms with Gasteiger partial charge in [-0.2, -0.15) is 0 Å². The summed E-state index contributed by atoms with van der Waals surface area (Å²) in [5.41, 5.74) is 0. The second-order valence-corrected chi connectivity index (χ2v) is 4.48. The quantitative estimate of drug-likeness (QED) is 0.661. The molecule has 2 rings (SSSR count). The van der Waals surface area contributed by atoms with Crippen LogP contribution in [0.15, 0.2) is 24.3 Å². The molecule has 0 radical (unpaired) electrons. The van der Waals surface area contributed by atoms with Crippen LogP contribution in [0.25, 0.3) is 0 Å². The van der Waals surface area contributed by atoms with Gasteiger partial charge in [0.2, 0.25) is 0 Å². The second-order valence-electron chi connectivity index (χ2n) is 4.48. The first-order valence-corrected chi connectivity index (χ1v) is 6.03. The van der Waals surface area contributed by atoms with E-state index in [4.69, 9.17) is 0 Å².